The molecule has 3 rings (SSSR count). The predicted octanol–water partition coefficient (Wildman–Crippen LogP) is 4.09. The summed E-state index contributed by atoms with van der Waals surface area (Å²) < 4.78 is 6.14. The van der Waals surface area contributed by atoms with E-state index < -0.39 is 5.63 Å². The summed E-state index contributed by atoms with van der Waals surface area (Å²) in [5.41, 5.74) is 0.675. The van der Waals surface area contributed by atoms with E-state index >= 15 is 0 Å². The molecule has 0 spiro atoms. The Morgan fingerprint density at radius 1 is 1.00 bits per heavy atom. The van der Waals surface area contributed by atoms with Crippen molar-refractivity contribution >= 4 is 32.5 Å². The SMILES string of the molecule is Cc1c(C(=O)c2ccc(Br)cc2)oc(=O)c2ccccc12. The van der Waals surface area contributed by atoms with Crippen molar-refractivity contribution in [2.75, 3.05) is 0 Å². The lowest BCUT2D eigenvalue weighted by atomic mass is 10.0. The highest BCUT2D eigenvalue weighted by atomic mass is 79.9. The summed E-state index contributed by atoms with van der Waals surface area (Å²) in [7, 11) is 0. The van der Waals surface area contributed by atoms with Crippen molar-refractivity contribution in [3.8, 4) is 0 Å². The smallest absolute Gasteiger partial charge is 0.344 e. The van der Waals surface area contributed by atoms with Crippen molar-refractivity contribution in [2.24, 2.45) is 0 Å². The number of aryl methyl sites for hydroxylation is 1. The van der Waals surface area contributed by atoms with Crippen LogP contribution in [0.25, 0.3) is 10.8 Å². The van der Waals surface area contributed by atoms with Crippen molar-refractivity contribution in [1.82, 2.24) is 0 Å². The van der Waals surface area contributed by atoms with Crippen LogP contribution >= 0.6 is 15.9 Å². The zero-order valence-corrected chi connectivity index (χ0v) is 12.8. The van der Waals surface area contributed by atoms with Gasteiger partial charge in [0.05, 0.1) is 5.39 Å². The number of hydrogen-bond donors (Lipinski definition) is 0. The summed E-state index contributed by atoms with van der Waals surface area (Å²) in [6, 6.07) is 14.1. The molecule has 0 fully saturated rings. The van der Waals surface area contributed by atoms with Gasteiger partial charge < -0.3 is 4.42 Å². The molecular formula is C17H11BrO3. The van der Waals surface area contributed by atoms with Crippen molar-refractivity contribution in [2.45, 2.75) is 6.92 Å². The number of carbonyl (C=O) groups excluding carboxylic acids is 1. The Kier molecular flexibility index (Phi) is 3.47. The number of carbonyl (C=O) groups is 1. The van der Waals surface area contributed by atoms with Crippen LogP contribution in [0.1, 0.15) is 21.7 Å². The number of fused-ring (bicyclic) bond motifs is 1. The van der Waals surface area contributed by atoms with E-state index in [0.717, 1.165) is 9.86 Å². The van der Waals surface area contributed by atoms with Gasteiger partial charge in [0.2, 0.25) is 5.78 Å². The Labute approximate surface area is 129 Å². The third-order valence-corrected chi connectivity index (χ3v) is 3.93. The average molecular weight is 343 g/mol. The van der Waals surface area contributed by atoms with Gasteiger partial charge in [0, 0.05) is 15.6 Å². The fraction of sp³-hybridized carbons (Fsp3) is 0.0588. The first-order chi connectivity index (χ1) is 10.1. The minimum atomic E-state index is -0.489. The third-order valence-electron chi connectivity index (χ3n) is 3.40. The highest BCUT2D eigenvalue weighted by Crippen LogP contribution is 2.21. The van der Waals surface area contributed by atoms with Gasteiger partial charge in [0.25, 0.3) is 0 Å². The zero-order chi connectivity index (χ0) is 15.0. The van der Waals surface area contributed by atoms with Gasteiger partial charge in [-0.3, -0.25) is 4.79 Å². The van der Waals surface area contributed by atoms with E-state index in [2.05, 4.69) is 15.9 Å². The van der Waals surface area contributed by atoms with Crippen LogP contribution in [-0.4, -0.2) is 5.78 Å². The van der Waals surface area contributed by atoms with Crippen LogP contribution in [-0.2, 0) is 0 Å². The predicted molar refractivity (Wildman–Crippen MR) is 84.8 cm³/mol. The lowest BCUT2D eigenvalue weighted by Gasteiger charge is -2.07. The number of benzene rings is 2. The van der Waals surface area contributed by atoms with E-state index in [4.69, 9.17) is 4.42 Å². The zero-order valence-electron chi connectivity index (χ0n) is 11.2. The van der Waals surface area contributed by atoms with Crippen LogP contribution in [0.2, 0.25) is 0 Å². The van der Waals surface area contributed by atoms with Crippen molar-refractivity contribution in [3.63, 3.8) is 0 Å². The minimum absolute atomic E-state index is 0.0982. The van der Waals surface area contributed by atoms with E-state index in [-0.39, 0.29) is 11.5 Å². The van der Waals surface area contributed by atoms with Crippen LogP contribution in [0, 0.1) is 6.92 Å². The van der Waals surface area contributed by atoms with Gasteiger partial charge in [0.15, 0.2) is 5.76 Å². The summed E-state index contributed by atoms with van der Waals surface area (Å²) in [6.07, 6.45) is 0. The Hall–Kier alpha value is -2.20. The van der Waals surface area contributed by atoms with Gasteiger partial charge in [0.1, 0.15) is 0 Å². The van der Waals surface area contributed by atoms with E-state index in [1.165, 1.54) is 0 Å². The van der Waals surface area contributed by atoms with Crippen LogP contribution in [0.15, 0.2) is 62.2 Å². The van der Waals surface area contributed by atoms with Gasteiger partial charge in [-0.1, -0.05) is 34.1 Å². The number of halogens is 1. The maximum Gasteiger partial charge on any atom is 0.344 e. The van der Waals surface area contributed by atoms with Crippen molar-refractivity contribution < 1.29 is 9.21 Å². The van der Waals surface area contributed by atoms with Gasteiger partial charge in [-0.05, 0) is 42.6 Å². The molecule has 1 aromatic heterocycles. The second kappa shape index (κ2) is 5.30. The lowest BCUT2D eigenvalue weighted by Crippen LogP contribution is -2.10. The molecular weight excluding hydrogens is 332 g/mol. The Morgan fingerprint density at radius 2 is 1.62 bits per heavy atom. The van der Waals surface area contributed by atoms with Crippen LogP contribution < -0.4 is 5.63 Å². The molecule has 0 saturated carbocycles. The van der Waals surface area contributed by atoms with E-state index in [0.29, 0.717) is 16.5 Å². The lowest BCUT2D eigenvalue weighted by molar-refractivity contribution is 0.100. The van der Waals surface area contributed by atoms with E-state index in [9.17, 15) is 9.59 Å². The molecule has 4 heteroatoms. The average Bonchev–Trinajstić information content (AvgIpc) is 2.51. The first-order valence-corrected chi connectivity index (χ1v) is 7.20. The molecule has 3 nitrogen and oxygen atoms in total. The number of hydrogen-bond acceptors (Lipinski definition) is 3. The molecule has 3 aromatic rings. The van der Waals surface area contributed by atoms with Crippen LogP contribution in [0.3, 0.4) is 0 Å². The number of rotatable bonds is 2. The molecule has 0 radical (unpaired) electrons. The quantitative estimate of drug-likeness (QED) is 0.659. The van der Waals surface area contributed by atoms with Gasteiger partial charge in [-0.2, -0.15) is 0 Å². The topological polar surface area (TPSA) is 47.3 Å². The van der Waals surface area contributed by atoms with E-state index in [1.54, 1.807) is 43.3 Å². The van der Waals surface area contributed by atoms with Crippen LogP contribution in [0.5, 0.6) is 0 Å². The Balaban J connectivity index is 2.21. The molecule has 0 saturated heterocycles. The van der Waals surface area contributed by atoms with E-state index in [1.807, 2.05) is 12.1 Å². The fourth-order valence-corrected chi connectivity index (χ4v) is 2.55. The molecule has 0 aliphatic rings. The number of ketones is 1. The molecule has 0 atom stereocenters. The molecule has 0 aliphatic carbocycles. The fourth-order valence-electron chi connectivity index (χ4n) is 2.28. The Morgan fingerprint density at radius 3 is 2.29 bits per heavy atom. The minimum Gasteiger partial charge on any atom is -0.418 e. The summed E-state index contributed by atoms with van der Waals surface area (Å²) in [6.45, 7) is 1.79. The summed E-state index contributed by atoms with van der Waals surface area (Å²) in [5.74, 6) is -0.191. The molecule has 1 heterocycles. The summed E-state index contributed by atoms with van der Waals surface area (Å²) >= 11 is 3.32. The van der Waals surface area contributed by atoms with Crippen molar-refractivity contribution in [1.29, 1.82) is 0 Å². The third kappa shape index (κ3) is 2.43. The van der Waals surface area contributed by atoms with Crippen molar-refractivity contribution in [3.05, 3.63) is 80.3 Å². The molecule has 21 heavy (non-hydrogen) atoms. The van der Waals surface area contributed by atoms with Crippen LogP contribution in [0.4, 0.5) is 0 Å². The standard InChI is InChI=1S/C17H11BrO3/c1-10-13-4-2-3-5-14(13)17(20)21-16(10)15(19)11-6-8-12(18)9-7-11/h2-9H,1H3. The molecule has 104 valence electrons. The molecule has 0 unspecified atom stereocenters. The molecule has 0 bridgehead atoms. The molecule has 0 N–H and O–H groups in total. The Bertz CT molecular complexity index is 892. The highest BCUT2D eigenvalue weighted by molar-refractivity contribution is 9.10. The van der Waals surface area contributed by atoms with Gasteiger partial charge in [-0.25, -0.2) is 4.79 Å². The highest BCUT2D eigenvalue weighted by Gasteiger charge is 2.18. The normalized spacial score (nSPS) is 10.8. The second-order valence-corrected chi connectivity index (χ2v) is 5.64. The molecule has 0 aliphatic heterocycles. The monoisotopic (exact) mass is 342 g/mol. The first kappa shape index (κ1) is 13.8. The maximum atomic E-state index is 12.5. The molecule has 0 amide bonds. The van der Waals surface area contributed by atoms with Gasteiger partial charge >= 0.3 is 5.63 Å². The first-order valence-electron chi connectivity index (χ1n) is 6.40. The summed E-state index contributed by atoms with van der Waals surface area (Å²) in [5, 5.41) is 1.23. The molecule has 2 aromatic carbocycles. The summed E-state index contributed by atoms with van der Waals surface area (Å²) in [4.78, 5) is 24.5. The maximum absolute atomic E-state index is 12.5. The van der Waals surface area contributed by atoms with Gasteiger partial charge in [-0.15, -0.1) is 0 Å². The largest absolute Gasteiger partial charge is 0.418 e. The second-order valence-electron chi connectivity index (χ2n) is 4.73.